The molecule has 0 aliphatic heterocycles. The van der Waals surface area contributed by atoms with Gasteiger partial charge in [0, 0.05) is 18.0 Å². The summed E-state index contributed by atoms with van der Waals surface area (Å²) in [5.74, 6) is -2.70. The van der Waals surface area contributed by atoms with Gasteiger partial charge in [-0.05, 0) is 30.9 Å². The first-order chi connectivity index (χ1) is 17.4. The van der Waals surface area contributed by atoms with Crippen LogP contribution in [0.15, 0.2) is 42.0 Å². The summed E-state index contributed by atoms with van der Waals surface area (Å²) in [7, 11) is 3.36. The number of ether oxygens (including phenoxy) is 1. The van der Waals surface area contributed by atoms with Gasteiger partial charge in [0.15, 0.2) is 6.61 Å². The van der Waals surface area contributed by atoms with E-state index < -0.39 is 47.5 Å². The normalized spacial score (nSPS) is 14.9. The maximum Gasteiger partial charge on any atom is 0.341 e. The quantitative estimate of drug-likeness (QED) is 0.280. The molecule has 3 atom stereocenters. The Morgan fingerprint density at radius 3 is 2.03 bits per heavy atom. The van der Waals surface area contributed by atoms with Gasteiger partial charge >= 0.3 is 11.9 Å². The lowest BCUT2D eigenvalue weighted by Gasteiger charge is -2.40. The molecule has 0 aliphatic carbocycles. The van der Waals surface area contributed by atoms with Crippen LogP contribution in [0, 0.1) is 11.3 Å². The molecule has 2 amide bonds. The van der Waals surface area contributed by atoms with Crippen LogP contribution in [0.1, 0.15) is 61.0 Å². The lowest BCUT2D eigenvalue weighted by molar-refractivity contribution is -0.152. The number of aliphatic carboxylic acids is 1. The van der Waals surface area contributed by atoms with Crippen molar-refractivity contribution in [3.63, 3.8) is 0 Å². The molecule has 9 nitrogen and oxygen atoms in total. The van der Waals surface area contributed by atoms with E-state index in [2.05, 4.69) is 10.6 Å². The Morgan fingerprint density at radius 1 is 1.03 bits per heavy atom. The van der Waals surface area contributed by atoms with Crippen molar-refractivity contribution in [3.05, 3.63) is 47.5 Å². The lowest BCUT2D eigenvalue weighted by Crippen LogP contribution is -2.61. The minimum Gasteiger partial charge on any atom is -0.479 e. The highest BCUT2D eigenvalue weighted by molar-refractivity contribution is 5.92. The zero-order valence-electron chi connectivity index (χ0n) is 24.4. The van der Waals surface area contributed by atoms with Gasteiger partial charge in [-0.15, -0.1) is 0 Å². The number of carbonyl (C=O) groups is 4. The number of nitrogens with one attached hydrogen (secondary N) is 2. The van der Waals surface area contributed by atoms with Crippen molar-refractivity contribution in [2.24, 2.45) is 11.3 Å². The Kier molecular flexibility index (Phi) is 11.7. The van der Waals surface area contributed by atoms with Crippen molar-refractivity contribution in [1.29, 1.82) is 0 Å². The molecule has 0 radical (unpaired) electrons. The number of carboxylic acids is 1. The third-order valence-corrected chi connectivity index (χ3v) is 6.74. The highest BCUT2D eigenvalue weighted by Crippen LogP contribution is 2.29. The number of likely N-dealkylation sites (N-methyl/N-ethyl adjacent to an activating group) is 2. The number of carbonyl (C=O) groups excluding carboxylic acids is 3. The van der Waals surface area contributed by atoms with Gasteiger partial charge in [-0.3, -0.25) is 9.59 Å². The van der Waals surface area contributed by atoms with Crippen molar-refractivity contribution in [3.8, 4) is 0 Å². The lowest BCUT2D eigenvalue weighted by atomic mass is 9.76. The molecule has 1 rings (SSSR count). The standard InChI is InChI=1S/C29H45N3O6/c1-18(2)21(16-19(3)27(37)38-17-22(33)34)32(10)26(36)24(28(4,5)6)31-25(35)23(30-9)29(7,8)20-14-12-11-13-15-20/h11-16,18,21,23-24,30H,17H2,1-10H3,(H,31,35)(H,33,34)/b19-16+/t21-,23-,24-/m1/s1. The summed E-state index contributed by atoms with van der Waals surface area (Å²) in [6.07, 6.45) is 1.60. The van der Waals surface area contributed by atoms with E-state index in [0.717, 1.165) is 5.56 Å². The average Bonchev–Trinajstić information content (AvgIpc) is 2.83. The molecular weight excluding hydrogens is 486 g/mol. The van der Waals surface area contributed by atoms with Gasteiger partial charge < -0.3 is 25.4 Å². The predicted octanol–water partition coefficient (Wildman–Crippen LogP) is 3.14. The highest BCUT2D eigenvalue weighted by Gasteiger charge is 2.41. The van der Waals surface area contributed by atoms with Crippen molar-refractivity contribution < 1.29 is 29.0 Å². The van der Waals surface area contributed by atoms with Crippen LogP contribution in [-0.4, -0.2) is 72.6 Å². The second-order valence-electron chi connectivity index (χ2n) is 11.6. The molecular formula is C29H45N3O6. The number of nitrogens with zero attached hydrogens (tertiary/aromatic N) is 1. The molecule has 0 saturated heterocycles. The molecule has 1 aromatic rings. The summed E-state index contributed by atoms with van der Waals surface area (Å²) in [5, 5.41) is 14.9. The van der Waals surface area contributed by atoms with Gasteiger partial charge in [-0.25, -0.2) is 9.59 Å². The third-order valence-electron chi connectivity index (χ3n) is 6.74. The van der Waals surface area contributed by atoms with Gasteiger partial charge in [0.1, 0.15) is 6.04 Å². The SMILES string of the molecule is CN[C@H](C(=O)N[C@H](C(=O)N(C)[C@H](/C=C(\C)C(=O)OCC(=O)O)C(C)C)C(C)(C)C)C(C)(C)c1ccccc1. The van der Waals surface area contributed by atoms with Crippen LogP contribution < -0.4 is 10.6 Å². The fourth-order valence-corrected chi connectivity index (χ4v) is 4.40. The molecule has 38 heavy (non-hydrogen) atoms. The van der Waals surface area contributed by atoms with Crippen LogP contribution in [0.4, 0.5) is 0 Å². The second-order valence-corrected chi connectivity index (χ2v) is 11.6. The van der Waals surface area contributed by atoms with E-state index in [-0.39, 0.29) is 23.3 Å². The molecule has 0 unspecified atom stereocenters. The Morgan fingerprint density at radius 2 is 1.58 bits per heavy atom. The van der Waals surface area contributed by atoms with Crippen LogP contribution in [-0.2, 0) is 29.3 Å². The van der Waals surface area contributed by atoms with Gasteiger partial charge in [-0.1, -0.05) is 84.9 Å². The first kappa shape index (κ1) is 32.8. The largest absolute Gasteiger partial charge is 0.479 e. The third kappa shape index (κ3) is 8.68. The molecule has 9 heteroatoms. The number of amides is 2. The average molecular weight is 532 g/mol. The fourth-order valence-electron chi connectivity index (χ4n) is 4.40. The summed E-state index contributed by atoms with van der Waals surface area (Å²) in [5.41, 5.74) is 0.00619. The van der Waals surface area contributed by atoms with Gasteiger partial charge in [0.25, 0.3) is 0 Å². The molecule has 1 aromatic carbocycles. The fraction of sp³-hybridized carbons (Fsp3) is 0.586. The molecule has 212 valence electrons. The zero-order chi connectivity index (χ0) is 29.4. The molecule has 0 spiro atoms. The van der Waals surface area contributed by atoms with Crippen LogP contribution in [0.25, 0.3) is 0 Å². The van der Waals surface area contributed by atoms with E-state index in [0.29, 0.717) is 0 Å². The maximum atomic E-state index is 13.8. The number of hydrogen-bond donors (Lipinski definition) is 3. The number of benzene rings is 1. The predicted molar refractivity (Wildman–Crippen MR) is 147 cm³/mol. The van der Waals surface area contributed by atoms with Crippen LogP contribution in [0.5, 0.6) is 0 Å². The topological polar surface area (TPSA) is 125 Å². The first-order valence-corrected chi connectivity index (χ1v) is 12.8. The Bertz CT molecular complexity index is 1010. The van der Waals surface area contributed by atoms with E-state index in [9.17, 15) is 19.2 Å². The summed E-state index contributed by atoms with van der Waals surface area (Å²) in [6, 6.07) is 7.76. The van der Waals surface area contributed by atoms with Crippen LogP contribution in [0.2, 0.25) is 0 Å². The highest BCUT2D eigenvalue weighted by atomic mass is 16.5. The van der Waals surface area contributed by atoms with Crippen molar-refractivity contribution >= 4 is 23.8 Å². The van der Waals surface area contributed by atoms with E-state index in [1.54, 1.807) is 20.2 Å². The molecule has 0 bridgehead atoms. The monoisotopic (exact) mass is 531 g/mol. The summed E-state index contributed by atoms with van der Waals surface area (Å²) in [4.78, 5) is 51.9. The van der Waals surface area contributed by atoms with Gasteiger partial charge in [0.05, 0.1) is 12.1 Å². The first-order valence-electron chi connectivity index (χ1n) is 12.8. The van der Waals surface area contributed by atoms with Crippen LogP contribution in [0.3, 0.4) is 0 Å². The summed E-state index contributed by atoms with van der Waals surface area (Å²) in [6.45, 7) is 14.2. The van der Waals surface area contributed by atoms with E-state index >= 15 is 0 Å². The Labute approximate surface area is 227 Å². The number of hydrogen-bond acceptors (Lipinski definition) is 6. The van der Waals surface area contributed by atoms with Gasteiger partial charge in [0.2, 0.25) is 11.8 Å². The molecule has 0 saturated carbocycles. The van der Waals surface area contributed by atoms with Crippen molar-refractivity contribution in [2.45, 2.75) is 78.9 Å². The Hall–Kier alpha value is -3.20. The molecule has 0 fully saturated rings. The molecule has 3 N–H and O–H groups in total. The molecule has 0 heterocycles. The van der Waals surface area contributed by atoms with Crippen molar-refractivity contribution in [1.82, 2.24) is 15.5 Å². The minimum absolute atomic E-state index is 0.0791. The number of esters is 1. The second kappa shape index (κ2) is 13.6. The summed E-state index contributed by atoms with van der Waals surface area (Å²) >= 11 is 0. The zero-order valence-corrected chi connectivity index (χ0v) is 24.4. The summed E-state index contributed by atoms with van der Waals surface area (Å²) < 4.78 is 4.77. The van der Waals surface area contributed by atoms with Gasteiger partial charge in [-0.2, -0.15) is 0 Å². The van der Waals surface area contributed by atoms with E-state index in [1.165, 1.54) is 11.8 Å². The number of carboxylic acid groups (broad SMARTS) is 1. The molecule has 0 aromatic heterocycles. The Balaban J connectivity index is 3.26. The minimum atomic E-state index is -1.25. The number of rotatable bonds is 12. The van der Waals surface area contributed by atoms with E-state index in [4.69, 9.17) is 9.84 Å². The van der Waals surface area contributed by atoms with E-state index in [1.807, 2.05) is 78.8 Å². The maximum absolute atomic E-state index is 13.8. The molecule has 0 aliphatic rings. The van der Waals surface area contributed by atoms with Crippen LogP contribution >= 0.6 is 0 Å². The smallest absolute Gasteiger partial charge is 0.341 e. The van der Waals surface area contributed by atoms with Crippen molar-refractivity contribution in [2.75, 3.05) is 20.7 Å².